The predicted octanol–water partition coefficient (Wildman–Crippen LogP) is 3.94. The van der Waals surface area contributed by atoms with Gasteiger partial charge in [0.25, 0.3) is 0 Å². The van der Waals surface area contributed by atoms with Gasteiger partial charge in [0.1, 0.15) is 11.1 Å². The maximum atomic E-state index is 5.87. The van der Waals surface area contributed by atoms with Gasteiger partial charge in [0.2, 0.25) is 0 Å². The van der Waals surface area contributed by atoms with Gasteiger partial charge in [0, 0.05) is 23.7 Å². The molecule has 0 aliphatic rings. The van der Waals surface area contributed by atoms with Gasteiger partial charge in [-0.25, -0.2) is 4.98 Å². The van der Waals surface area contributed by atoms with Gasteiger partial charge in [-0.2, -0.15) is 0 Å². The SMILES string of the molecule is CCNC(C)c1cnc(C(OCC)C(C)(C)C)s1. The fraction of sp³-hybridized carbons (Fsp3) is 0.786. The summed E-state index contributed by atoms with van der Waals surface area (Å²) in [6.07, 6.45) is 2.06. The molecule has 0 fully saturated rings. The molecule has 0 aliphatic carbocycles. The van der Waals surface area contributed by atoms with Crippen LogP contribution in [0.2, 0.25) is 0 Å². The van der Waals surface area contributed by atoms with Gasteiger partial charge < -0.3 is 10.1 Å². The third-order valence-electron chi connectivity index (χ3n) is 2.82. The highest BCUT2D eigenvalue weighted by molar-refractivity contribution is 7.11. The Morgan fingerprint density at radius 2 is 2.06 bits per heavy atom. The number of rotatable bonds is 6. The lowest BCUT2D eigenvalue weighted by Gasteiger charge is -2.28. The molecular formula is C14H26N2OS. The summed E-state index contributed by atoms with van der Waals surface area (Å²) in [4.78, 5) is 5.84. The molecule has 1 aromatic rings. The van der Waals surface area contributed by atoms with Gasteiger partial charge >= 0.3 is 0 Å². The molecule has 0 aliphatic heterocycles. The summed E-state index contributed by atoms with van der Waals surface area (Å²) in [5.74, 6) is 0. The molecule has 1 rings (SSSR count). The van der Waals surface area contributed by atoms with Crippen LogP contribution >= 0.6 is 11.3 Å². The van der Waals surface area contributed by atoms with Crippen molar-refractivity contribution in [3.8, 4) is 0 Å². The van der Waals surface area contributed by atoms with Crippen molar-refractivity contribution in [2.75, 3.05) is 13.2 Å². The highest BCUT2D eigenvalue weighted by Crippen LogP contribution is 2.38. The van der Waals surface area contributed by atoms with E-state index in [9.17, 15) is 0 Å². The molecule has 0 aromatic carbocycles. The first kappa shape index (κ1) is 15.6. The summed E-state index contributed by atoms with van der Waals surface area (Å²) in [5.41, 5.74) is 0.0759. The second kappa shape index (κ2) is 6.64. The molecule has 0 saturated carbocycles. The van der Waals surface area contributed by atoms with Crippen LogP contribution in [0.4, 0.5) is 0 Å². The molecule has 0 radical (unpaired) electrons. The maximum absolute atomic E-state index is 5.87. The Bertz CT molecular complexity index is 357. The highest BCUT2D eigenvalue weighted by Gasteiger charge is 2.29. The molecule has 4 heteroatoms. The Balaban J connectivity index is 2.87. The normalized spacial score (nSPS) is 15.7. The Kier molecular flexibility index (Phi) is 5.76. The largest absolute Gasteiger partial charge is 0.371 e. The topological polar surface area (TPSA) is 34.2 Å². The van der Waals surface area contributed by atoms with Crippen molar-refractivity contribution >= 4 is 11.3 Å². The number of nitrogens with zero attached hydrogens (tertiary/aromatic N) is 1. The van der Waals surface area contributed by atoms with Crippen LogP contribution in [0.15, 0.2) is 6.20 Å². The average molecular weight is 270 g/mol. The van der Waals surface area contributed by atoms with Crippen molar-refractivity contribution in [1.82, 2.24) is 10.3 Å². The molecule has 2 unspecified atom stereocenters. The van der Waals surface area contributed by atoms with Crippen LogP contribution in [0.5, 0.6) is 0 Å². The fourth-order valence-corrected chi connectivity index (χ4v) is 3.13. The van der Waals surface area contributed by atoms with E-state index in [0.717, 1.165) is 18.2 Å². The van der Waals surface area contributed by atoms with E-state index in [-0.39, 0.29) is 11.5 Å². The second-order valence-electron chi connectivity index (χ2n) is 5.58. The summed E-state index contributed by atoms with van der Waals surface area (Å²) in [6, 6.07) is 0.364. The Labute approximate surface area is 115 Å². The summed E-state index contributed by atoms with van der Waals surface area (Å²) >= 11 is 1.76. The lowest BCUT2D eigenvalue weighted by molar-refractivity contribution is -0.0133. The predicted molar refractivity (Wildman–Crippen MR) is 78.0 cm³/mol. The number of hydrogen-bond acceptors (Lipinski definition) is 4. The first-order valence-corrected chi connectivity index (χ1v) is 7.52. The van der Waals surface area contributed by atoms with E-state index in [1.165, 1.54) is 4.88 Å². The molecule has 0 saturated heterocycles. The van der Waals surface area contributed by atoms with Gasteiger partial charge in [-0.05, 0) is 25.8 Å². The van der Waals surface area contributed by atoms with Crippen LogP contribution in [-0.4, -0.2) is 18.1 Å². The summed E-state index contributed by atoms with van der Waals surface area (Å²) in [5, 5.41) is 4.50. The molecule has 0 amide bonds. The standard InChI is InChI=1S/C14H26N2OS/c1-7-15-10(3)11-9-16-13(18-11)12(17-8-2)14(4,5)6/h9-10,12,15H,7-8H2,1-6H3. The molecule has 1 aromatic heterocycles. The average Bonchev–Trinajstić information content (AvgIpc) is 2.73. The van der Waals surface area contributed by atoms with Crippen LogP contribution < -0.4 is 5.32 Å². The smallest absolute Gasteiger partial charge is 0.122 e. The van der Waals surface area contributed by atoms with Gasteiger partial charge in [0.15, 0.2) is 0 Å². The zero-order valence-electron chi connectivity index (χ0n) is 12.4. The number of ether oxygens (including phenoxy) is 1. The molecule has 1 N–H and O–H groups in total. The van der Waals surface area contributed by atoms with Crippen molar-refractivity contribution in [3.63, 3.8) is 0 Å². The second-order valence-corrected chi connectivity index (χ2v) is 6.68. The van der Waals surface area contributed by atoms with Crippen molar-refractivity contribution in [1.29, 1.82) is 0 Å². The van der Waals surface area contributed by atoms with Crippen molar-refractivity contribution in [3.05, 3.63) is 16.1 Å². The summed E-state index contributed by atoms with van der Waals surface area (Å²) in [6.45, 7) is 14.6. The zero-order valence-corrected chi connectivity index (χ0v) is 13.2. The van der Waals surface area contributed by atoms with E-state index in [1.54, 1.807) is 11.3 Å². The molecule has 0 spiro atoms. The van der Waals surface area contributed by atoms with E-state index < -0.39 is 0 Å². The molecular weight excluding hydrogens is 244 g/mol. The highest BCUT2D eigenvalue weighted by atomic mass is 32.1. The molecule has 0 bridgehead atoms. The van der Waals surface area contributed by atoms with Crippen LogP contribution in [-0.2, 0) is 4.74 Å². The Morgan fingerprint density at radius 3 is 2.56 bits per heavy atom. The van der Waals surface area contributed by atoms with Gasteiger partial charge in [-0.15, -0.1) is 11.3 Å². The molecule has 18 heavy (non-hydrogen) atoms. The van der Waals surface area contributed by atoms with E-state index in [2.05, 4.69) is 44.9 Å². The van der Waals surface area contributed by atoms with E-state index in [1.807, 2.05) is 13.1 Å². The van der Waals surface area contributed by atoms with Crippen LogP contribution in [0.3, 0.4) is 0 Å². The number of nitrogens with one attached hydrogen (secondary N) is 1. The minimum Gasteiger partial charge on any atom is -0.371 e. The molecule has 3 nitrogen and oxygen atoms in total. The summed E-state index contributed by atoms with van der Waals surface area (Å²) < 4.78 is 5.87. The fourth-order valence-electron chi connectivity index (χ4n) is 1.89. The molecule has 2 atom stereocenters. The van der Waals surface area contributed by atoms with Gasteiger partial charge in [-0.1, -0.05) is 27.7 Å². The third kappa shape index (κ3) is 4.04. The minimum absolute atomic E-state index is 0.0759. The zero-order chi connectivity index (χ0) is 13.8. The quantitative estimate of drug-likeness (QED) is 0.850. The first-order chi connectivity index (χ1) is 8.40. The van der Waals surface area contributed by atoms with Crippen LogP contribution in [0.1, 0.15) is 63.6 Å². The number of aromatic nitrogens is 1. The first-order valence-electron chi connectivity index (χ1n) is 6.70. The van der Waals surface area contributed by atoms with Gasteiger partial charge in [0.05, 0.1) is 0 Å². The van der Waals surface area contributed by atoms with E-state index in [4.69, 9.17) is 4.74 Å². The van der Waals surface area contributed by atoms with E-state index in [0.29, 0.717) is 6.04 Å². The molecule has 1 heterocycles. The summed E-state index contributed by atoms with van der Waals surface area (Å²) in [7, 11) is 0. The van der Waals surface area contributed by atoms with Crippen LogP contribution in [0, 0.1) is 5.41 Å². The van der Waals surface area contributed by atoms with E-state index >= 15 is 0 Å². The lowest BCUT2D eigenvalue weighted by atomic mass is 9.89. The third-order valence-corrected chi connectivity index (χ3v) is 4.05. The lowest BCUT2D eigenvalue weighted by Crippen LogP contribution is -2.21. The van der Waals surface area contributed by atoms with Crippen molar-refractivity contribution in [2.24, 2.45) is 5.41 Å². The van der Waals surface area contributed by atoms with Crippen LogP contribution in [0.25, 0.3) is 0 Å². The maximum Gasteiger partial charge on any atom is 0.122 e. The molecule has 104 valence electrons. The van der Waals surface area contributed by atoms with Crippen molar-refractivity contribution < 1.29 is 4.74 Å². The number of hydrogen-bond donors (Lipinski definition) is 1. The monoisotopic (exact) mass is 270 g/mol. The Hall–Kier alpha value is -0.450. The minimum atomic E-state index is 0.0759. The Morgan fingerprint density at radius 1 is 1.39 bits per heavy atom. The van der Waals surface area contributed by atoms with Crippen molar-refractivity contribution in [2.45, 2.75) is 53.7 Å². The van der Waals surface area contributed by atoms with Gasteiger partial charge in [-0.3, -0.25) is 0 Å². The number of thiazole rings is 1.